The average molecular weight is 216 g/mol. The molecule has 1 unspecified atom stereocenters. The number of hydrogen-bond donors (Lipinski definition) is 1. The Morgan fingerprint density at radius 2 is 2.06 bits per heavy atom. The minimum atomic E-state index is 0.109. The number of nitrogens with two attached hydrogens (primary N) is 1. The highest BCUT2D eigenvalue weighted by molar-refractivity contribution is 5.18. The highest BCUT2D eigenvalue weighted by atomic mass is 16.4. The monoisotopic (exact) mass is 216 g/mol. The third-order valence-corrected chi connectivity index (χ3v) is 2.32. The van der Waals surface area contributed by atoms with Crippen LogP contribution in [-0.4, -0.2) is 11.0 Å². The van der Waals surface area contributed by atoms with Gasteiger partial charge in [-0.25, -0.2) is 4.98 Å². The lowest BCUT2D eigenvalue weighted by molar-refractivity contribution is 0.452. The molecule has 2 aromatic rings. The van der Waals surface area contributed by atoms with Crippen molar-refractivity contribution < 1.29 is 4.42 Å². The molecule has 3 nitrogen and oxygen atoms in total. The molecule has 2 rings (SSSR count). The van der Waals surface area contributed by atoms with E-state index in [0.29, 0.717) is 0 Å². The molecule has 0 fully saturated rings. The first-order valence-electron chi connectivity index (χ1n) is 5.47. The summed E-state index contributed by atoms with van der Waals surface area (Å²) in [6.45, 7) is 1.96. The van der Waals surface area contributed by atoms with Crippen molar-refractivity contribution in [3.63, 3.8) is 0 Å². The summed E-state index contributed by atoms with van der Waals surface area (Å²) in [6, 6.07) is 10.3. The molecule has 1 aromatic heterocycles. The van der Waals surface area contributed by atoms with E-state index in [1.807, 2.05) is 25.1 Å². The van der Waals surface area contributed by atoms with E-state index in [1.54, 1.807) is 6.20 Å². The minimum absolute atomic E-state index is 0.109. The van der Waals surface area contributed by atoms with Crippen molar-refractivity contribution in [2.24, 2.45) is 5.73 Å². The average Bonchev–Trinajstić information content (AvgIpc) is 2.66. The smallest absolute Gasteiger partial charge is 0.198 e. The van der Waals surface area contributed by atoms with Gasteiger partial charge in [-0.2, -0.15) is 0 Å². The quantitative estimate of drug-likeness (QED) is 0.852. The van der Waals surface area contributed by atoms with E-state index in [1.165, 1.54) is 5.56 Å². The van der Waals surface area contributed by atoms with Crippen LogP contribution in [0.25, 0.3) is 0 Å². The van der Waals surface area contributed by atoms with Crippen LogP contribution in [0, 0.1) is 0 Å². The van der Waals surface area contributed by atoms with Crippen LogP contribution in [0.4, 0.5) is 0 Å². The number of rotatable bonds is 4. The molecule has 0 aliphatic heterocycles. The molecular weight excluding hydrogens is 200 g/mol. The first-order chi connectivity index (χ1) is 7.74. The van der Waals surface area contributed by atoms with Crippen LogP contribution in [0.3, 0.4) is 0 Å². The standard InChI is InChI=1S/C13H16N2O/c1-10(14)7-12-9-15-13(16-12)8-11-5-3-2-4-6-11/h2-6,9-10H,7-8,14H2,1H3. The first-order valence-corrected chi connectivity index (χ1v) is 5.47. The first kappa shape index (κ1) is 10.9. The van der Waals surface area contributed by atoms with Gasteiger partial charge in [0.2, 0.25) is 0 Å². The molecule has 84 valence electrons. The largest absolute Gasteiger partial charge is 0.445 e. The van der Waals surface area contributed by atoms with Gasteiger partial charge in [0, 0.05) is 18.9 Å². The Morgan fingerprint density at radius 1 is 1.31 bits per heavy atom. The predicted octanol–water partition coefficient (Wildman–Crippen LogP) is 2.16. The molecule has 0 spiro atoms. The Hall–Kier alpha value is -1.61. The fourth-order valence-corrected chi connectivity index (χ4v) is 1.61. The molecule has 0 aliphatic carbocycles. The summed E-state index contributed by atoms with van der Waals surface area (Å²) < 4.78 is 5.61. The third-order valence-electron chi connectivity index (χ3n) is 2.32. The lowest BCUT2D eigenvalue weighted by Gasteiger charge is -1.99. The van der Waals surface area contributed by atoms with Crippen LogP contribution in [0.5, 0.6) is 0 Å². The van der Waals surface area contributed by atoms with Crippen LogP contribution in [0.2, 0.25) is 0 Å². The van der Waals surface area contributed by atoms with Crippen molar-refractivity contribution in [1.29, 1.82) is 0 Å². The van der Waals surface area contributed by atoms with Gasteiger partial charge < -0.3 is 10.2 Å². The second kappa shape index (κ2) is 4.94. The van der Waals surface area contributed by atoms with Gasteiger partial charge in [0.1, 0.15) is 5.76 Å². The van der Waals surface area contributed by atoms with Crippen LogP contribution in [0.1, 0.15) is 24.1 Å². The van der Waals surface area contributed by atoms with E-state index in [-0.39, 0.29) is 6.04 Å². The Balaban J connectivity index is 2.03. The highest BCUT2D eigenvalue weighted by Gasteiger charge is 2.06. The zero-order valence-corrected chi connectivity index (χ0v) is 9.39. The summed E-state index contributed by atoms with van der Waals surface area (Å²) in [6.07, 6.45) is 3.24. The fraction of sp³-hybridized carbons (Fsp3) is 0.308. The van der Waals surface area contributed by atoms with Crippen LogP contribution >= 0.6 is 0 Å². The third kappa shape index (κ3) is 2.94. The fourth-order valence-electron chi connectivity index (χ4n) is 1.61. The van der Waals surface area contributed by atoms with Gasteiger partial charge >= 0.3 is 0 Å². The van der Waals surface area contributed by atoms with E-state index < -0.39 is 0 Å². The van der Waals surface area contributed by atoms with Crippen molar-refractivity contribution in [3.05, 3.63) is 53.7 Å². The highest BCUT2D eigenvalue weighted by Crippen LogP contribution is 2.11. The molecule has 2 N–H and O–H groups in total. The number of aromatic nitrogens is 1. The van der Waals surface area contributed by atoms with Crippen LogP contribution in [0.15, 0.2) is 40.9 Å². The molecule has 0 amide bonds. The second-order valence-electron chi connectivity index (χ2n) is 4.06. The second-order valence-corrected chi connectivity index (χ2v) is 4.06. The lowest BCUT2D eigenvalue weighted by Crippen LogP contribution is -2.17. The molecule has 3 heteroatoms. The van der Waals surface area contributed by atoms with E-state index in [0.717, 1.165) is 24.5 Å². The maximum absolute atomic E-state index is 5.70. The van der Waals surface area contributed by atoms with Crippen molar-refractivity contribution in [2.45, 2.75) is 25.8 Å². The number of benzene rings is 1. The van der Waals surface area contributed by atoms with Gasteiger partial charge in [-0.3, -0.25) is 0 Å². The maximum atomic E-state index is 5.70. The van der Waals surface area contributed by atoms with Crippen LogP contribution < -0.4 is 5.73 Å². The van der Waals surface area contributed by atoms with E-state index in [9.17, 15) is 0 Å². The zero-order valence-electron chi connectivity index (χ0n) is 9.39. The molecule has 0 saturated carbocycles. The topological polar surface area (TPSA) is 52.0 Å². The van der Waals surface area contributed by atoms with Crippen molar-refractivity contribution in [2.75, 3.05) is 0 Å². The molecule has 16 heavy (non-hydrogen) atoms. The van der Waals surface area contributed by atoms with Gasteiger partial charge in [0.15, 0.2) is 5.89 Å². The van der Waals surface area contributed by atoms with E-state index >= 15 is 0 Å². The number of nitrogens with zero attached hydrogens (tertiary/aromatic N) is 1. The molecule has 1 atom stereocenters. The zero-order chi connectivity index (χ0) is 11.4. The minimum Gasteiger partial charge on any atom is -0.445 e. The summed E-state index contributed by atoms with van der Waals surface area (Å²) in [5.41, 5.74) is 6.90. The molecular formula is C13H16N2O. The van der Waals surface area contributed by atoms with Gasteiger partial charge in [0.25, 0.3) is 0 Å². The molecule has 0 bridgehead atoms. The molecule has 0 aliphatic rings. The number of oxazole rings is 1. The summed E-state index contributed by atoms with van der Waals surface area (Å²) in [5.74, 6) is 1.61. The van der Waals surface area contributed by atoms with Crippen LogP contribution in [-0.2, 0) is 12.8 Å². The van der Waals surface area contributed by atoms with Crippen molar-refractivity contribution >= 4 is 0 Å². The Labute approximate surface area is 95.3 Å². The summed E-state index contributed by atoms with van der Waals surface area (Å²) in [5, 5.41) is 0. The summed E-state index contributed by atoms with van der Waals surface area (Å²) in [7, 11) is 0. The molecule has 0 saturated heterocycles. The van der Waals surface area contributed by atoms with Crippen molar-refractivity contribution in [1.82, 2.24) is 4.98 Å². The molecule has 1 aromatic carbocycles. The Kier molecular flexibility index (Phi) is 3.37. The lowest BCUT2D eigenvalue weighted by atomic mass is 10.2. The Bertz CT molecular complexity index is 434. The summed E-state index contributed by atoms with van der Waals surface area (Å²) >= 11 is 0. The van der Waals surface area contributed by atoms with Gasteiger partial charge in [0.05, 0.1) is 6.20 Å². The van der Waals surface area contributed by atoms with E-state index in [2.05, 4.69) is 17.1 Å². The van der Waals surface area contributed by atoms with Gasteiger partial charge in [-0.05, 0) is 12.5 Å². The molecule has 0 radical (unpaired) electrons. The van der Waals surface area contributed by atoms with Crippen molar-refractivity contribution in [3.8, 4) is 0 Å². The number of hydrogen-bond acceptors (Lipinski definition) is 3. The molecule has 1 heterocycles. The Morgan fingerprint density at radius 3 is 2.75 bits per heavy atom. The van der Waals surface area contributed by atoms with E-state index in [4.69, 9.17) is 10.2 Å². The predicted molar refractivity (Wildman–Crippen MR) is 63.1 cm³/mol. The van der Waals surface area contributed by atoms with Gasteiger partial charge in [-0.15, -0.1) is 0 Å². The normalized spacial score (nSPS) is 12.6. The SMILES string of the molecule is CC(N)Cc1cnc(Cc2ccccc2)o1. The maximum Gasteiger partial charge on any atom is 0.198 e. The summed E-state index contributed by atoms with van der Waals surface area (Å²) in [4.78, 5) is 4.24. The van der Waals surface area contributed by atoms with Gasteiger partial charge in [-0.1, -0.05) is 30.3 Å².